The molecule has 110 valence electrons. The van der Waals surface area contributed by atoms with Crippen LogP contribution in [0.3, 0.4) is 0 Å². The van der Waals surface area contributed by atoms with Crippen LogP contribution < -0.4 is 11.5 Å². The molecule has 0 fully saturated rings. The monoisotopic (exact) mass is 281 g/mol. The van der Waals surface area contributed by atoms with Gasteiger partial charge >= 0.3 is 0 Å². The lowest BCUT2D eigenvalue weighted by molar-refractivity contribution is 0.257. The summed E-state index contributed by atoms with van der Waals surface area (Å²) in [5.74, 6) is 0. The Balaban J connectivity index is 1.72. The number of aryl methyl sites for hydroxylation is 1. The Morgan fingerprint density at radius 2 is 1.86 bits per heavy atom. The van der Waals surface area contributed by atoms with E-state index in [1.807, 2.05) is 6.07 Å². The maximum absolute atomic E-state index is 6.19. The van der Waals surface area contributed by atoms with E-state index < -0.39 is 0 Å². The normalized spacial score (nSPS) is 14.9. The van der Waals surface area contributed by atoms with Crippen molar-refractivity contribution in [3.8, 4) is 0 Å². The van der Waals surface area contributed by atoms with Gasteiger partial charge in [0.15, 0.2) is 0 Å². The van der Waals surface area contributed by atoms with Crippen LogP contribution in [0.2, 0.25) is 0 Å². The third kappa shape index (κ3) is 2.88. The van der Waals surface area contributed by atoms with Crippen molar-refractivity contribution < 1.29 is 0 Å². The molecule has 4 N–H and O–H groups in total. The molecule has 0 aromatic heterocycles. The molecule has 3 nitrogen and oxygen atoms in total. The van der Waals surface area contributed by atoms with Crippen LogP contribution in [0.15, 0.2) is 36.4 Å². The SMILES string of the molecule is Cc1cc(N)c(N)c2c1CCN(CCc1ccccc1)C2. The molecule has 0 saturated heterocycles. The number of hydrogen-bond donors (Lipinski definition) is 2. The quantitative estimate of drug-likeness (QED) is 0.851. The van der Waals surface area contributed by atoms with Crippen LogP contribution >= 0.6 is 0 Å². The van der Waals surface area contributed by atoms with Crippen LogP contribution in [0.5, 0.6) is 0 Å². The van der Waals surface area contributed by atoms with Crippen molar-refractivity contribution in [3.05, 3.63) is 58.7 Å². The molecule has 0 spiro atoms. The number of nitrogen functional groups attached to an aromatic ring is 2. The van der Waals surface area contributed by atoms with Crippen molar-refractivity contribution >= 4 is 11.4 Å². The van der Waals surface area contributed by atoms with E-state index in [1.165, 1.54) is 22.3 Å². The molecule has 21 heavy (non-hydrogen) atoms. The van der Waals surface area contributed by atoms with Gasteiger partial charge in [-0.25, -0.2) is 0 Å². The zero-order valence-corrected chi connectivity index (χ0v) is 12.6. The van der Waals surface area contributed by atoms with E-state index in [-0.39, 0.29) is 0 Å². The van der Waals surface area contributed by atoms with E-state index in [2.05, 4.69) is 42.2 Å². The summed E-state index contributed by atoms with van der Waals surface area (Å²) < 4.78 is 0. The maximum Gasteiger partial charge on any atom is 0.0596 e. The summed E-state index contributed by atoms with van der Waals surface area (Å²) in [5, 5.41) is 0. The number of rotatable bonds is 3. The third-order valence-corrected chi connectivity index (χ3v) is 4.47. The molecular formula is C18H23N3. The van der Waals surface area contributed by atoms with E-state index in [4.69, 9.17) is 11.5 Å². The molecule has 0 bridgehead atoms. The second-order valence-electron chi connectivity index (χ2n) is 5.92. The minimum absolute atomic E-state index is 0.719. The van der Waals surface area contributed by atoms with Crippen LogP contribution in [-0.4, -0.2) is 18.0 Å². The minimum Gasteiger partial charge on any atom is -0.397 e. The predicted octanol–water partition coefficient (Wildman–Crippen LogP) is 2.76. The fourth-order valence-electron chi connectivity index (χ4n) is 3.20. The molecule has 0 amide bonds. The first-order valence-corrected chi connectivity index (χ1v) is 7.57. The summed E-state index contributed by atoms with van der Waals surface area (Å²) in [4.78, 5) is 2.48. The second kappa shape index (κ2) is 5.78. The molecule has 1 heterocycles. The highest BCUT2D eigenvalue weighted by Crippen LogP contribution is 2.31. The third-order valence-electron chi connectivity index (χ3n) is 4.47. The highest BCUT2D eigenvalue weighted by atomic mass is 15.1. The van der Waals surface area contributed by atoms with Crippen molar-refractivity contribution in [1.82, 2.24) is 4.90 Å². The predicted molar refractivity (Wildman–Crippen MR) is 89.1 cm³/mol. The number of nitrogens with two attached hydrogens (primary N) is 2. The van der Waals surface area contributed by atoms with Gasteiger partial charge in [-0.05, 0) is 48.1 Å². The van der Waals surface area contributed by atoms with E-state index in [0.29, 0.717) is 0 Å². The lowest BCUT2D eigenvalue weighted by Crippen LogP contribution is -2.33. The minimum atomic E-state index is 0.719. The maximum atomic E-state index is 6.19. The largest absolute Gasteiger partial charge is 0.397 e. The lowest BCUT2D eigenvalue weighted by Gasteiger charge is -2.31. The number of fused-ring (bicyclic) bond motifs is 1. The first-order chi connectivity index (χ1) is 10.1. The van der Waals surface area contributed by atoms with Gasteiger partial charge in [-0.1, -0.05) is 30.3 Å². The summed E-state index contributed by atoms with van der Waals surface area (Å²) in [5.41, 5.74) is 19.0. The molecule has 1 aliphatic rings. The lowest BCUT2D eigenvalue weighted by atomic mass is 9.92. The molecule has 2 aromatic rings. The number of nitrogens with zero attached hydrogens (tertiary/aromatic N) is 1. The number of benzene rings is 2. The Labute approximate surface area is 126 Å². The molecular weight excluding hydrogens is 258 g/mol. The van der Waals surface area contributed by atoms with Gasteiger partial charge in [0.25, 0.3) is 0 Å². The van der Waals surface area contributed by atoms with Gasteiger partial charge in [-0.2, -0.15) is 0 Å². The molecule has 0 aliphatic carbocycles. The summed E-state index contributed by atoms with van der Waals surface area (Å²) in [7, 11) is 0. The van der Waals surface area contributed by atoms with Crippen LogP contribution in [-0.2, 0) is 19.4 Å². The van der Waals surface area contributed by atoms with Crippen molar-refractivity contribution in [2.24, 2.45) is 0 Å². The Morgan fingerprint density at radius 3 is 2.62 bits per heavy atom. The van der Waals surface area contributed by atoms with Gasteiger partial charge in [0.1, 0.15) is 0 Å². The molecule has 2 aromatic carbocycles. The average Bonchev–Trinajstić information content (AvgIpc) is 2.51. The Bertz CT molecular complexity index is 635. The average molecular weight is 281 g/mol. The van der Waals surface area contributed by atoms with E-state index in [9.17, 15) is 0 Å². The highest BCUT2D eigenvalue weighted by Gasteiger charge is 2.21. The van der Waals surface area contributed by atoms with E-state index >= 15 is 0 Å². The summed E-state index contributed by atoms with van der Waals surface area (Å²) in [6.45, 7) is 5.22. The van der Waals surface area contributed by atoms with Crippen LogP contribution in [0.25, 0.3) is 0 Å². The fourth-order valence-corrected chi connectivity index (χ4v) is 3.20. The van der Waals surface area contributed by atoms with Gasteiger partial charge in [0.2, 0.25) is 0 Å². The van der Waals surface area contributed by atoms with Gasteiger partial charge in [0.05, 0.1) is 11.4 Å². The van der Waals surface area contributed by atoms with Crippen LogP contribution in [0, 0.1) is 6.92 Å². The molecule has 0 saturated carbocycles. The molecule has 0 radical (unpaired) electrons. The van der Waals surface area contributed by atoms with Gasteiger partial charge in [-0.15, -0.1) is 0 Å². The van der Waals surface area contributed by atoms with Gasteiger partial charge in [-0.3, -0.25) is 4.90 Å². The zero-order chi connectivity index (χ0) is 14.8. The van der Waals surface area contributed by atoms with E-state index in [0.717, 1.165) is 43.9 Å². The Morgan fingerprint density at radius 1 is 1.10 bits per heavy atom. The first kappa shape index (κ1) is 14.0. The summed E-state index contributed by atoms with van der Waals surface area (Å²) >= 11 is 0. The first-order valence-electron chi connectivity index (χ1n) is 7.57. The smallest absolute Gasteiger partial charge is 0.0596 e. The van der Waals surface area contributed by atoms with E-state index in [1.54, 1.807) is 0 Å². The molecule has 0 unspecified atom stereocenters. The topological polar surface area (TPSA) is 55.3 Å². The van der Waals surface area contributed by atoms with Crippen molar-refractivity contribution in [1.29, 1.82) is 0 Å². The highest BCUT2D eigenvalue weighted by molar-refractivity contribution is 5.71. The standard InChI is InChI=1S/C18H23N3/c1-13-11-17(19)18(20)16-12-21(10-8-15(13)16)9-7-14-5-3-2-4-6-14/h2-6,11H,7-10,12,19-20H2,1H3. The van der Waals surface area contributed by atoms with Crippen molar-refractivity contribution in [3.63, 3.8) is 0 Å². The summed E-state index contributed by atoms with van der Waals surface area (Å²) in [6.07, 6.45) is 2.15. The van der Waals surface area contributed by atoms with Gasteiger partial charge in [0, 0.05) is 19.6 Å². The summed E-state index contributed by atoms with van der Waals surface area (Å²) in [6, 6.07) is 12.6. The van der Waals surface area contributed by atoms with Crippen LogP contribution in [0.4, 0.5) is 11.4 Å². The van der Waals surface area contributed by atoms with Crippen molar-refractivity contribution in [2.75, 3.05) is 24.6 Å². The number of anilines is 2. The Kier molecular flexibility index (Phi) is 3.84. The second-order valence-corrected chi connectivity index (χ2v) is 5.92. The molecule has 3 rings (SSSR count). The molecule has 0 atom stereocenters. The molecule has 1 aliphatic heterocycles. The van der Waals surface area contributed by atoms with Crippen molar-refractivity contribution in [2.45, 2.75) is 26.3 Å². The molecule has 3 heteroatoms. The fraction of sp³-hybridized carbons (Fsp3) is 0.333. The van der Waals surface area contributed by atoms with Crippen LogP contribution in [0.1, 0.15) is 22.3 Å². The van der Waals surface area contributed by atoms with Gasteiger partial charge < -0.3 is 11.5 Å². The zero-order valence-electron chi connectivity index (χ0n) is 12.6. The number of hydrogen-bond acceptors (Lipinski definition) is 3. The Hall–Kier alpha value is -2.00.